The number of fused-ring (bicyclic) bond motifs is 1. The molecule has 0 bridgehead atoms. The highest BCUT2D eigenvalue weighted by atomic mass is 32.1. The van der Waals surface area contributed by atoms with Gasteiger partial charge in [0.2, 0.25) is 0 Å². The van der Waals surface area contributed by atoms with Gasteiger partial charge >= 0.3 is 0 Å². The summed E-state index contributed by atoms with van der Waals surface area (Å²) in [7, 11) is 3.05. The number of benzene rings is 2. The van der Waals surface area contributed by atoms with Crippen molar-refractivity contribution in [2.45, 2.75) is 6.92 Å². The Morgan fingerprint density at radius 3 is 2.62 bits per heavy atom. The van der Waals surface area contributed by atoms with Crippen LogP contribution in [0.2, 0.25) is 0 Å². The minimum Gasteiger partial charge on any atom is -0.493 e. The van der Waals surface area contributed by atoms with Crippen molar-refractivity contribution in [1.29, 1.82) is 0 Å². The van der Waals surface area contributed by atoms with E-state index in [4.69, 9.17) is 21.7 Å². The average molecular weight is 387 g/mol. The van der Waals surface area contributed by atoms with E-state index in [1.807, 2.05) is 19.1 Å². The van der Waals surface area contributed by atoms with E-state index >= 15 is 0 Å². The first-order chi connectivity index (χ1) is 12.5. The molecule has 0 radical (unpaired) electrons. The number of ether oxygens (including phenoxy) is 2. The Balaban J connectivity index is 1.69. The van der Waals surface area contributed by atoms with Crippen molar-refractivity contribution in [3.05, 3.63) is 47.5 Å². The summed E-state index contributed by atoms with van der Waals surface area (Å²) in [5.74, 6) is 0.676. The first-order valence-electron chi connectivity index (χ1n) is 7.71. The van der Waals surface area contributed by atoms with Gasteiger partial charge in [0.15, 0.2) is 21.7 Å². The van der Waals surface area contributed by atoms with E-state index in [0.717, 1.165) is 15.8 Å². The highest BCUT2D eigenvalue weighted by molar-refractivity contribution is 7.80. The molecule has 0 aliphatic rings. The summed E-state index contributed by atoms with van der Waals surface area (Å²) in [4.78, 5) is 16.8. The van der Waals surface area contributed by atoms with Gasteiger partial charge in [0, 0.05) is 5.56 Å². The first-order valence-corrected chi connectivity index (χ1v) is 8.94. The smallest absolute Gasteiger partial charge is 0.257 e. The predicted molar refractivity (Wildman–Crippen MR) is 108 cm³/mol. The molecular formula is C18H17N3O3S2. The van der Waals surface area contributed by atoms with Crippen LogP contribution in [0.15, 0.2) is 36.4 Å². The third kappa shape index (κ3) is 3.92. The van der Waals surface area contributed by atoms with Crippen molar-refractivity contribution in [3.63, 3.8) is 0 Å². The second-order valence-electron chi connectivity index (χ2n) is 5.47. The zero-order valence-electron chi connectivity index (χ0n) is 14.5. The summed E-state index contributed by atoms with van der Waals surface area (Å²) in [5.41, 5.74) is 2.46. The van der Waals surface area contributed by atoms with Crippen molar-refractivity contribution >= 4 is 49.9 Å². The summed E-state index contributed by atoms with van der Waals surface area (Å²) in [6.07, 6.45) is 0. The SMILES string of the molecule is COc1ccc(C(=O)NC(=S)Nc2nc3ccc(C)cc3s2)cc1OC. The van der Waals surface area contributed by atoms with Crippen molar-refractivity contribution in [2.24, 2.45) is 0 Å². The highest BCUT2D eigenvalue weighted by Crippen LogP contribution is 2.28. The number of amides is 1. The lowest BCUT2D eigenvalue weighted by molar-refractivity contribution is 0.0977. The number of hydrogen-bond acceptors (Lipinski definition) is 6. The van der Waals surface area contributed by atoms with Crippen LogP contribution in [0.5, 0.6) is 11.5 Å². The van der Waals surface area contributed by atoms with Crippen molar-refractivity contribution in [2.75, 3.05) is 19.5 Å². The Hall–Kier alpha value is -2.71. The van der Waals surface area contributed by atoms with Gasteiger partial charge in [-0.2, -0.15) is 0 Å². The number of hydrogen-bond donors (Lipinski definition) is 2. The molecular weight excluding hydrogens is 370 g/mol. The second kappa shape index (κ2) is 7.67. The number of rotatable bonds is 4. The van der Waals surface area contributed by atoms with E-state index in [-0.39, 0.29) is 11.0 Å². The van der Waals surface area contributed by atoms with Crippen LogP contribution >= 0.6 is 23.6 Å². The number of carbonyl (C=O) groups is 1. The van der Waals surface area contributed by atoms with Gasteiger partial charge in [-0.3, -0.25) is 10.1 Å². The molecule has 0 atom stereocenters. The van der Waals surface area contributed by atoms with Gasteiger partial charge in [-0.25, -0.2) is 4.98 Å². The van der Waals surface area contributed by atoms with Gasteiger partial charge in [-0.1, -0.05) is 17.4 Å². The van der Waals surface area contributed by atoms with Crippen LogP contribution in [0.1, 0.15) is 15.9 Å². The van der Waals surface area contributed by atoms with Crippen LogP contribution < -0.4 is 20.1 Å². The third-order valence-corrected chi connectivity index (χ3v) is 4.77. The summed E-state index contributed by atoms with van der Waals surface area (Å²) < 4.78 is 11.4. The summed E-state index contributed by atoms with van der Waals surface area (Å²) in [6.45, 7) is 2.03. The maximum atomic E-state index is 12.4. The minimum atomic E-state index is -0.347. The maximum absolute atomic E-state index is 12.4. The zero-order valence-corrected chi connectivity index (χ0v) is 16.1. The van der Waals surface area contributed by atoms with Crippen molar-refractivity contribution in [3.8, 4) is 11.5 Å². The van der Waals surface area contributed by atoms with E-state index in [2.05, 4.69) is 21.7 Å². The van der Waals surface area contributed by atoms with E-state index in [9.17, 15) is 4.79 Å². The molecule has 3 rings (SSSR count). The number of carbonyl (C=O) groups excluding carboxylic acids is 1. The molecule has 1 heterocycles. The number of methoxy groups -OCH3 is 2. The van der Waals surface area contributed by atoms with Gasteiger partial charge in [-0.05, 0) is 55.0 Å². The largest absolute Gasteiger partial charge is 0.493 e. The molecule has 0 unspecified atom stereocenters. The van der Waals surface area contributed by atoms with Crippen molar-refractivity contribution < 1.29 is 14.3 Å². The van der Waals surface area contributed by atoms with Gasteiger partial charge in [0.05, 0.1) is 24.4 Å². The monoisotopic (exact) mass is 387 g/mol. The molecule has 1 amide bonds. The van der Waals surface area contributed by atoms with E-state index in [1.54, 1.807) is 18.2 Å². The predicted octanol–water partition coefficient (Wildman–Crippen LogP) is 3.75. The molecule has 1 aromatic heterocycles. The zero-order chi connectivity index (χ0) is 18.7. The first kappa shape index (κ1) is 18.1. The Bertz CT molecular complexity index is 985. The average Bonchev–Trinajstić information content (AvgIpc) is 3.01. The van der Waals surface area contributed by atoms with Crippen LogP contribution in [0.3, 0.4) is 0 Å². The summed E-state index contributed by atoms with van der Waals surface area (Å²) in [6, 6.07) is 10.9. The Kier molecular flexibility index (Phi) is 5.34. The van der Waals surface area contributed by atoms with E-state index in [1.165, 1.54) is 25.6 Å². The fourth-order valence-electron chi connectivity index (χ4n) is 2.37. The Morgan fingerprint density at radius 1 is 1.12 bits per heavy atom. The van der Waals surface area contributed by atoms with Crippen LogP contribution in [0.25, 0.3) is 10.2 Å². The lowest BCUT2D eigenvalue weighted by atomic mass is 10.2. The molecule has 0 aliphatic carbocycles. The second-order valence-corrected chi connectivity index (χ2v) is 6.91. The number of anilines is 1. The molecule has 26 heavy (non-hydrogen) atoms. The number of thiocarbonyl (C=S) groups is 1. The number of aryl methyl sites for hydroxylation is 1. The van der Waals surface area contributed by atoms with Crippen LogP contribution in [0.4, 0.5) is 5.13 Å². The molecule has 0 saturated heterocycles. The number of nitrogens with zero attached hydrogens (tertiary/aromatic N) is 1. The minimum absolute atomic E-state index is 0.181. The van der Waals surface area contributed by atoms with Crippen molar-refractivity contribution in [1.82, 2.24) is 10.3 Å². The molecule has 0 saturated carbocycles. The van der Waals surface area contributed by atoms with E-state index in [0.29, 0.717) is 22.2 Å². The van der Waals surface area contributed by atoms with Crippen LogP contribution in [0, 0.1) is 6.92 Å². The molecule has 3 aromatic rings. The topological polar surface area (TPSA) is 72.5 Å². The Labute approximate surface area is 160 Å². The standard InChI is InChI=1S/C18H17N3O3S2/c1-10-4-6-12-15(8-10)26-18(19-12)21-17(25)20-16(22)11-5-7-13(23-2)14(9-11)24-3/h4-9H,1-3H3,(H2,19,20,21,22,25). The van der Waals surface area contributed by atoms with Gasteiger partial charge < -0.3 is 14.8 Å². The van der Waals surface area contributed by atoms with Crippen LogP contribution in [-0.4, -0.2) is 30.2 Å². The quantitative estimate of drug-likeness (QED) is 0.665. The molecule has 0 aliphatic heterocycles. The summed E-state index contributed by atoms with van der Waals surface area (Å²) >= 11 is 6.70. The molecule has 2 aromatic carbocycles. The number of aromatic nitrogens is 1. The molecule has 134 valence electrons. The van der Waals surface area contributed by atoms with Gasteiger partial charge in [-0.15, -0.1) is 0 Å². The molecule has 0 spiro atoms. The molecule has 2 N–H and O–H groups in total. The molecule has 0 fully saturated rings. The Morgan fingerprint density at radius 2 is 1.88 bits per heavy atom. The third-order valence-electron chi connectivity index (χ3n) is 3.64. The number of nitrogens with one attached hydrogen (secondary N) is 2. The fraction of sp³-hybridized carbons (Fsp3) is 0.167. The molecule has 8 heteroatoms. The number of thiazole rings is 1. The lowest BCUT2D eigenvalue weighted by Crippen LogP contribution is -2.34. The normalized spacial score (nSPS) is 10.4. The van der Waals surface area contributed by atoms with Gasteiger partial charge in [0.25, 0.3) is 5.91 Å². The van der Waals surface area contributed by atoms with Crippen LogP contribution in [-0.2, 0) is 0 Å². The summed E-state index contributed by atoms with van der Waals surface area (Å²) in [5, 5.41) is 6.40. The highest BCUT2D eigenvalue weighted by Gasteiger charge is 2.13. The maximum Gasteiger partial charge on any atom is 0.257 e. The van der Waals surface area contributed by atoms with E-state index < -0.39 is 0 Å². The molecule has 6 nitrogen and oxygen atoms in total. The fourth-order valence-corrected chi connectivity index (χ4v) is 3.59. The lowest BCUT2D eigenvalue weighted by Gasteiger charge is -2.10. The van der Waals surface area contributed by atoms with Gasteiger partial charge in [0.1, 0.15) is 0 Å².